The van der Waals surface area contributed by atoms with Crippen molar-refractivity contribution in [3.8, 4) is 0 Å². The molecule has 1 heterocycles. The molecule has 50 valence electrons. The first-order valence-corrected chi connectivity index (χ1v) is 2.89. The van der Waals surface area contributed by atoms with Crippen LogP contribution in [-0.4, -0.2) is 11.8 Å². The van der Waals surface area contributed by atoms with Crippen molar-refractivity contribution in [3.63, 3.8) is 0 Å². The predicted molar refractivity (Wildman–Crippen MR) is 38.0 cm³/mol. The van der Waals surface area contributed by atoms with Gasteiger partial charge in [0.2, 0.25) is 0 Å². The minimum Gasteiger partial charge on any atom is -0.399 e. The van der Waals surface area contributed by atoms with Crippen molar-refractivity contribution in [1.82, 2.24) is 0 Å². The summed E-state index contributed by atoms with van der Waals surface area (Å²) in [6.07, 6.45) is 4.11. The third-order valence-corrected chi connectivity index (χ3v) is 1.49. The van der Waals surface area contributed by atoms with Gasteiger partial charge in [0, 0.05) is 24.5 Å². The first-order chi connectivity index (χ1) is 4.13. The fourth-order valence-electron chi connectivity index (χ4n) is 0.641. The molecule has 0 aliphatic carbocycles. The fraction of sp³-hybridized carbons (Fsp3) is 0.500. The maximum absolute atomic E-state index is 5.74. The Morgan fingerprint density at radius 1 is 1.78 bits per heavy atom. The Hall–Kier alpha value is -0.830. The van der Waals surface area contributed by atoms with Gasteiger partial charge in [-0.2, -0.15) is 0 Å². The molecule has 0 saturated heterocycles. The van der Waals surface area contributed by atoms with Gasteiger partial charge in [0.15, 0.2) is 0 Å². The first-order valence-electron chi connectivity index (χ1n) is 2.89. The molecule has 0 aromatic carbocycles. The molecule has 4 N–H and O–H groups in total. The molecular weight excluding hydrogens is 114 g/mol. The van der Waals surface area contributed by atoms with Crippen molar-refractivity contribution in [2.75, 3.05) is 0 Å². The Kier molecular flexibility index (Phi) is 1.29. The zero-order valence-electron chi connectivity index (χ0n) is 5.46. The van der Waals surface area contributed by atoms with Gasteiger partial charge in [0.25, 0.3) is 0 Å². The summed E-state index contributed by atoms with van der Waals surface area (Å²) < 4.78 is 0. The molecular formula is C6H11N3. The molecule has 0 spiro atoms. The van der Waals surface area contributed by atoms with Crippen LogP contribution in [0.25, 0.3) is 0 Å². The van der Waals surface area contributed by atoms with Gasteiger partial charge in [-0.15, -0.1) is 0 Å². The SMILES string of the molecule is CC1(N)CC=NC=C1N. The van der Waals surface area contributed by atoms with E-state index in [1.807, 2.05) is 6.92 Å². The average molecular weight is 125 g/mol. The standard InChI is InChI=1S/C6H11N3/c1-6(8)2-3-9-4-5(6)7/h3-4H,2,7-8H2,1H3. The van der Waals surface area contributed by atoms with Gasteiger partial charge in [-0.3, -0.25) is 4.99 Å². The maximum Gasteiger partial charge on any atom is 0.0593 e. The molecule has 0 bridgehead atoms. The van der Waals surface area contributed by atoms with E-state index in [0.29, 0.717) is 5.70 Å². The number of rotatable bonds is 0. The van der Waals surface area contributed by atoms with Crippen molar-refractivity contribution in [1.29, 1.82) is 0 Å². The highest BCUT2D eigenvalue weighted by molar-refractivity contribution is 5.63. The minimum atomic E-state index is -0.373. The number of hydrogen-bond donors (Lipinski definition) is 2. The van der Waals surface area contributed by atoms with Crippen LogP contribution in [0.3, 0.4) is 0 Å². The lowest BCUT2D eigenvalue weighted by Crippen LogP contribution is -2.43. The molecule has 0 saturated carbocycles. The highest BCUT2D eigenvalue weighted by atomic mass is 14.9. The van der Waals surface area contributed by atoms with Crippen LogP contribution in [0.2, 0.25) is 0 Å². The van der Waals surface area contributed by atoms with E-state index in [1.54, 1.807) is 12.4 Å². The largest absolute Gasteiger partial charge is 0.399 e. The third kappa shape index (κ3) is 1.10. The lowest BCUT2D eigenvalue weighted by Gasteiger charge is -2.24. The van der Waals surface area contributed by atoms with E-state index in [4.69, 9.17) is 11.5 Å². The van der Waals surface area contributed by atoms with E-state index in [-0.39, 0.29) is 5.54 Å². The number of aliphatic imine (C=N–C) groups is 1. The normalized spacial score (nSPS) is 34.2. The molecule has 3 nitrogen and oxygen atoms in total. The fourth-order valence-corrected chi connectivity index (χ4v) is 0.641. The average Bonchev–Trinajstić information content (AvgIpc) is 1.77. The summed E-state index contributed by atoms with van der Waals surface area (Å²) in [4.78, 5) is 3.86. The second-order valence-corrected chi connectivity index (χ2v) is 2.54. The van der Waals surface area contributed by atoms with Gasteiger partial charge in [-0.1, -0.05) is 0 Å². The Morgan fingerprint density at radius 2 is 2.44 bits per heavy atom. The molecule has 9 heavy (non-hydrogen) atoms. The van der Waals surface area contributed by atoms with Crippen LogP contribution in [0.5, 0.6) is 0 Å². The molecule has 0 aromatic rings. The van der Waals surface area contributed by atoms with E-state index in [2.05, 4.69) is 4.99 Å². The van der Waals surface area contributed by atoms with Crippen LogP contribution in [0.15, 0.2) is 16.9 Å². The highest BCUT2D eigenvalue weighted by Gasteiger charge is 2.21. The molecule has 1 atom stereocenters. The van der Waals surface area contributed by atoms with E-state index < -0.39 is 0 Å². The van der Waals surface area contributed by atoms with Crippen molar-refractivity contribution in [2.45, 2.75) is 18.9 Å². The van der Waals surface area contributed by atoms with Crippen molar-refractivity contribution >= 4 is 6.21 Å². The van der Waals surface area contributed by atoms with Crippen molar-refractivity contribution < 1.29 is 0 Å². The quantitative estimate of drug-likeness (QED) is 0.478. The molecule has 1 aliphatic rings. The maximum atomic E-state index is 5.74. The summed E-state index contributed by atoms with van der Waals surface area (Å²) >= 11 is 0. The Balaban J connectivity index is 2.83. The summed E-state index contributed by atoms with van der Waals surface area (Å²) in [5, 5.41) is 0. The molecule has 0 fully saturated rings. The zero-order chi connectivity index (χ0) is 6.91. The van der Waals surface area contributed by atoms with Gasteiger partial charge in [0.1, 0.15) is 0 Å². The Bertz CT molecular complexity index is 167. The number of hydrogen-bond acceptors (Lipinski definition) is 3. The summed E-state index contributed by atoms with van der Waals surface area (Å²) in [6, 6.07) is 0. The van der Waals surface area contributed by atoms with Gasteiger partial charge < -0.3 is 11.5 Å². The van der Waals surface area contributed by atoms with Crippen LogP contribution in [0.1, 0.15) is 13.3 Å². The van der Waals surface area contributed by atoms with Crippen LogP contribution < -0.4 is 11.5 Å². The molecule has 1 rings (SSSR count). The molecule has 0 radical (unpaired) electrons. The van der Waals surface area contributed by atoms with Crippen molar-refractivity contribution in [3.05, 3.63) is 11.9 Å². The molecule has 0 aromatic heterocycles. The topological polar surface area (TPSA) is 64.4 Å². The van der Waals surface area contributed by atoms with Crippen LogP contribution in [-0.2, 0) is 0 Å². The Labute approximate surface area is 54.4 Å². The minimum absolute atomic E-state index is 0.373. The van der Waals surface area contributed by atoms with E-state index >= 15 is 0 Å². The van der Waals surface area contributed by atoms with Gasteiger partial charge in [0.05, 0.1) is 5.54 Å². The van der Waals surface area contributed by atoms with Gasteiger partial charge in [-0.05, 0) is 6.92 Å². The molecule has 1 aliphatic heterocycles. The summed E-state index contributed by atoms with van der Waals surface area (Å²) in [7, 11) is 0. The smallest absolute Gasteiger partial charge is 0.0593 e. The summed E-state index contributed by atoms with van der Waals surface area (Å²) in [5.41, 5.74) is 11.6. The summed E-state index contributed by atoms with van der Waals surface area (Å²) in [6.45, 7) is 1.89. The first kappa shape index (κ1) is 6.29. The van der Waals surface area contributed by atoms with E-state index in [1.165, 1.54) is 0 Å². The summed E-state index contributed by atoms with van der Waals surface area (Å²) in [5.74, 6) is 0. The van der Waals surface area contributed by atoms with Gasteiger partial charge >= 0.3 is 0 Å². The lowest BCUT2D eigenvalue weighted by atomic mass is 9.95. The Morgan fingerprint density at radius 3 is 2.78 bits per heavy atom. The third-order valence-electron chi connectivity index (χ3n) is 1.49. The van der Waals surface area contributed by atoms with E-state index in [9.17, 15) is 0 Å². The molecule has 1 unspecified atom stereocenters. The second-order valence-electron chi connectivity index (χ2n) is 2.54. The second kappa shape index (κ2) is 1.84. The number of nitrogens with two attached hydrogens (primary N) is 2. The van der Waals surface area contributed by atoms with Crippen LogP contribution in [0.4, 0.5) is 0 Å². The predicted octanol–water partition coefficient (Wildman–Crippen LogP) is -0.0216. The van der Waals surface area contributed by atoms with Crippen LogP contribution in [0, 0.1) is 0 Å². The van der Waals surface area contributed by atoms with E-state index in [0.717, 1.165) is 6.42 Å². The molecule has 0 amide bonds. The van der Waals surface area contributed by atoms with Crippen LogP contribution >= 0.6 is 0 Å². The van der Waals surface area contributed by atoms with Crippen molar-refractivity contribution in [2.24, 2.45) is 16.5 Å². The highest BCUT2D eigenvalue weighted by Crippen LogP contribution is 2.14. The number of nitrogens with zero attached hydrogens (tertiary/aromatic N) is 1. The zero-order valence-corrected chi connectivity index (χ0v) is 5.46. The molecule has 3 heteroatoms. The van der Waals surface area contributed by atoms with Gasteiger partial charge in [-0.25, -0.2) is 0 Å². The lowest BCUT2D eigenvalue weighted by molar-refractivity contribution is 0.562. The monoisotopic (exact) mass is 125 g/mol.